The first-order chi connectivity index (χ1) is 9.11. The predicted molar refractivity (Wildman–Crippen MR) is 76.3 cm³/mol. The summed E-state index contributed by atoms with van der Waals surface area (Å²) < 4.78 is 19.0. The molecular formula is C15H16ClFO3. The van der Waals surface area contributed by atoms with Crippen molar-refractivity contribution in [1.82, 2.24) is 0 Å². The Morgan fingerprint density at radius 1 is 1.30 bits per heavy atom. The Kier molecular flexibility index (Phi) is 5.06. The Balaban J connectivity index is 3.11. The number of hydrogen-bond acceptors (Lipinski definition) is 3. The summed E-state index contributed by atoms with van der Waals surface area (Å²) in [4.78, 5) is 23.0. The number of Topliss-reactive ketones (excluding diaryl/α,β-unsaturated/α-hetero) is 1. The molecule has 0 fully saturated rings. The highest BCUT2D eigenvalue weighted by atomic mass is 35.5. The van der Waals surface area contributed by atoms with E-state index in [0.29, 0.717) is 0 Å². The van der Waals surface area contributed by atoms with Gasteiger partial charge in [-0.05, 0) is 45.9 Å². The summed E-state index contributed by atoms with van der Waals surface area (Å²) in [5, 5.41) is -0.112. The highest BCUT2D eigenvalue weighted by Crippen LogP contribution is 2.24. The first-order valence-electron chi connectivity index (χ1n) is 6.02. The third-order valence-corrected chi connectivity index (χ3v) is 2.60. The zero-order valence-electron chi connectivity index (χ0n) is 11.8. The SMILES string of the molecule is CC(=O)c1ccc(Cl)c(F)c1/C=C/C(=O)OC(C)(C)C. The van der Waals surface area contributed by atoms with Gasteiger partial charge in [0.05, 0.1) is 5.02 Å². The molecule has 1 aromatic rings. The maximum absolute atomic E-state index is 13.9. The minimum atomic E-state index is -0.737. The Hall–Kier alpha value is -1.68. The topological polar surface area (TPSA) is 43.4 Å². The minimum absolute atomic E-state index is 0.0177. The summed E-state index contributed by atoms with van der Waals surface area (Å²) in [5.41, 5.74) is -0.500. The number of rotatable bonds is 3. The summed E-state index contributed by atoms with van der Waals surface area (Å²) in [6, 6.07) is 2.72. The quantitative estimate of drug-likeness (QED) is 0.480. The van der Waals surface area contributed by atoms with Crippen LogP contribution in [0.2, 0.25) is 5.02 Å². The summed E-state index contributed by atoms with van der Waals surface area (Å²) in [5.74, 6) is -1.67. The van der Waals surface area contributed by atoms with Gasteiger partial charge in [0.2, 0.25) is 0 Å². The zero-order valence-corrected chi connectivity index (χ0v) is 12.5. The van der Waals surface area contributed by atoms with Crippen molar-refractivity contribution in [2.45, 2.75) is 33.3 Å². The molecular weight excluding hydrogens is 283 g/mol. The molecule has 0 aromatic heterocycles. The number of ether oxygens (including phenoxy) is 1. The Morgan fingerprint density at radius 2 is 1.90 bits per heavy atom. The molecule has 1 aromatic carbocycles. The van der Waals surface area contributed by atoms with Crippen LogP contribution in [-0.4, -0.2) is 17.4 Å². The monoisotopic (exact) mass is 298 g/mol. The molecule has 0 heterocycles. The maximum Gasteiger partial charge on any atom is 0.331 e. The highest BCUT2D eigenvalue weighted by molar-refractivity contribution is 6.31. The van der Waals surface area contributed by atoms with E-state index in [1.807, 2.05) is 0 Å². The first kappa shape index (κ1) is 16.4. The lowest BCUT2D eigenvalue weighted by Gasteiger charge is -2.18. The van der Waals surface area contributed by atoms with Crippen LogP contribution in [0.25, 0.3) is 6.08 Å². The van der Waals surface area contributed by atoms with Crippen LogP contribution in [0.4, 0.5) is 4.39 Å². The van der Waals surface area contributed by atoms with Crippen LogP contribution in [0.5, 0.6) is 0 Å². The molecule has 108 valence electrons. The second kappa shape index (κ2) is 6.18. The molecule has 0 aliphatic rings. The molecule has 0 aliphatic carbocycles. The van der Waals surface area contributed by atoms with Crippen molar-refractivity contribution >= 4 is 29.4 Å². The van der Waals surface area contributed by atoms with Crippen LogP contribution >= 0.6 is 11.6 Å². The molecule has 5 heteroatoms. The van der Waals surface area contributed by atoms with E-state index in [4.69, 9.17) is 16.3 Å². The molecule has 0 spiro atoms. The molecule has 0 saturated heterocycles. The fourth-order valence-electron chi connectivity index (χ4n) is 1.52. The van der Waals surface area contributed by atoms with Crippen LogP contribution in [-0.2, 0) is 9.53 Å². The van der Waals surface area contributed by atoms with E-state index in [1.165, 1.54) is 25.1 Å². The summed E-state index contributed by atoms with van der Waals surface area (Å²) in [7, 11) is 0. The van der Waals surface area contributed by atoms with Gasteiger partial charge in [-0.15, -0.1) is 0 Å². The molecule has 1 rings (SSSR count). The van der Waals surface area contributed by atoms with Crippen LogP contribution in [0.1, 0.15) is 43.6 Å². The largest absolute Gasteiger partial charge is 0.457 e. The zero-order chi connectivity index (χ0) is 15.5. The molecule has 0 bridgehead atoms. The average molecular weight is 299 g/mol. The Morgan fingerprint density at radius 3 is 2.40 bits per heavy atom. The van der Waals surface area contributed by atoms with Gasteiger partial charge < -0.3 is 4.74 Å². The van der Waals surface area contributed by atoms with Crippen molar-refractivity contribution in [3.63, 3.8) is 0 Å². The Labute approximate surface area is 122 Å². The molecule has 3 nitrogen and oxygen atoms in total. The van der Waals surface area contributed by atoms with Gasteiger partial charge >= 0.3 is 5.97 Å². The van der Waals surface area contributed by atoms with E-state index in [2.05, 4.69) is 0 Å². The minimum Gasteiger partial charge on any atom is -0.457 e. The third kappa shape index (κ3) is 4.46. The number of benzene rings is 1. The number of esters is 1. The van der Waals surface area contributed by atoms with Gasteiger partial charge in [0, 0.05) is 17.2 Å². The Bertz CT molecular complexity index is 571. The normalized spacial score (nSPS) is 11.7. The summed E-state index contributed by atoms with van der Waals surface area (Å²) >= 11 is 5.68. The van der Waals surface area contributed by atoms with Crippen LogP contribution in [0.15, 0.2) is 18.2 Å². The fraction of sp³-hybridized carbons (Fsp3) is 0.333. The highest BCUT2D eigenvalue weighted by Gasteiger charge is 2.16. The fourth-order valence-corrected chi connectivity index (χ4v) is 1.69. The van der Waals surface area contributed by atoms with Crippen molar-refractivity contribution in [3.8, 4) is 0 Å². The van der Waals surface area contributed by atoms with Gasteiger partial charge in [-0.1, -0.05) is 11.6 Å². The number of carbonyl (C=O) groups is 2. The van der Waals surface area contributed by atoms with Gasteiger partial charge in [-0.25, -0.2) is 9.18 Å². The number of carbonyl (C=O) groups excluding carboxylic acids is 2. The lowest BCUT2D eigenvalue weighted by Crippen LogP contribution is -2.22. The van der Waals surface area contributed by atoms with Gasteiger partial charge in [0.1, 0.15) is 11.4 Å². The van der Waals surface area contributed by atoms with Gasteiger partial charge in [0.15, 0.2) is 5.78 Å². The van der Waals surface area contributed by atoms with Gasteiger partial charge in [-0.3, -0.25) is 4.79 Å². The van der Waals surface area contributed by atoms with Crippen molar-refractivity contribution in [2.24, 2.45) is 0 Å². The van der Waals surface area contributed by atoms with Crippen LogP contribution < -0.4 is 0 Å². The van der Waals surface area contributed by atoms with Crippen molar-refractivity contribution in [3.05, 3.63) is 40.2 Å². The molecule has 0 unspecified atom stereocenters. The van der Waals surface area contributed by atoms with E-state index >= 15 is 0 Å². The molecule has 0 aliphatic heterocycles. The summed E-state index contributed by atoms with van der Waals surface area (Å²) in [6.07, 6.45) is 2.28. The van der Waals surface area contributed by atoms with E-state index in [-0.39, 0.29) is 21.9 Å². The van der Waals surface area contributed by atoms with E-state index in [9.17, 15) is 14.0 Å². The summed E-state index contributed by atoms with van der Waals surface area (Å²) in [6.45, 7) is 6.48. The van der Waals surface area contributed by atoms with Gasteiger partial charge in [-0.2, -0.15) is 0 Å². The average Bonchev–Trinajstić information content (AvgIpc) is 2.28. The van der Waals surface area contributed by atoms with E-state index in [0.717, 1.165) is 6.08 Å². The number of halogens is 2. The number of ketones is 1. The first-order valence-corrected chi connectivity index (χ1v) is 6.39. The standard InChI is InChI=1S/C15H16ClFO3/c1-9(18)10-5-7-12(16)14(17)11(10)6-8-13(19)20-15(2,3)4/h5-8H,1-4H3/b8-6+. The van der Waals surface area contributed by atoms with Crippen molar-refractivity contribution in [2.75, 3.05) is 0 Å². The molecule has 0 atom stereocenters. The lowest BCUT2D eigenvalue weighted by atomic mass is 10.0. The van der Waals surface area contributed by atoms with Crippen molar-refractivity contribution in [1.29, 1.82) is 0 Å². The van der Waals surface area contributed by atoms with E-state index in [1.54, 1.807) is 20.8 Å². The second-order valence-electron chi connectivity index (χ2n) is 5.25. The molecule has 20 heavy (non-hydrogen) atoms. The van der Waals surface area contributed by atoms with Crippen LogP contribution in [0, 0.1) is 5.82 Å². The van der Waals surface area contributed by atoms with Crippen LogP contribution in [0.3, 0.4) is 0 Å². The molecule has 0 amide bonds. The number of hydrogen-bond donors (Lipinski definition) is 0. The smallest absolute Gasteiger partial charge is 0.331 e. The van der Waals surface area contributed by atoms with Crippen molar-refractivity contribution < 1.29 is 18.7 Å². The lowest BCUT2D eigenvalue weighted by molar-refractivity contribution is -0.148. The molecule has 0 N–H and O–H groups in total. The third-order valence-electron chi connectivity index (χ3n) is 2.30. The van der Waals surface area contributed by atoms with Gasteiger partial charge in [0.25, 0.3) is 0 Å². The molecule has 0 radical (unpaired) electrons. The second-order valence-corrected chi connectivity index (χ2v) is 5.65. The van der Waals surface area contributed by atoms with E-state index < -0.39 is 17.4 Å². The predicted octanol–water partition coefficient (Wildman–Crippen LogP) is 4.04. The molecule has 0 saturated carbocycles. The maximum atomic E-state index is 13.9.